The first-order valence-electron chi connectivity index (χ1n) is 5.20. The van der Waals surface area contributed by atoms with Crippen molar-refractivity contribution < 1.29 is 13.9 Å². The van der Waals surface area contributed by atoms with Crippen LogP contribution in [0.15, 0.2) is 23.1 Å². The molecule has 2 aromatic rings. The number of ether oxygens (including phenoxy) is 1. The lowest BCUT2D eigenvalue weighted by atomic mass is 10.3. The van der Waals surface area contributed by atoms with E-state index in [-0.39, 0.29) is 23.5 Å². The molecule has 0 saturated carbocycles. The summed E-state index contributed by atoms with van der Waals surface area (Å²) in [4.78, 5) is 15.1. The average Bonchev–Trinajstić information content (AvgIpc) is 3.04. The molecule has 0 atom stereocenters. The van der Waals surface area contributed by atoms with Gasteiger partial charge in [0.15, 0.2) is 11.4 Å². The largest absolute Gasteiger partial charge is 0.467 e. The van der Waals surface area contributed by atoms with E-state index >= 15 is 0 Å². The molecule has 0 unspecified atom stereocenters. The zero-order valence-electron chi connectivity index (χ0n) is 9.95. The molecule has 0 radical (unpaired) electrons. The van der Waals surface area contributed by atoms with Gasteiger partial charge in [0.2, 0.25) is 0 Å². The molecule has 0 saturated heterocycles. The van der Waals surface area contributed by atoms with Gasteiger partial charge in [-0.2, -0.15) is 10.5 Å². The van der Waals surface area contributed by atoms with Crippen molar-refractivity contribution in [2.45, 2.75) is 6.54 Å². The number of nitrogens with zero attached hydrogens (tertiary/aromatic N) is 4. The smallest absolute Gasteiger partial charge is 0.341 e. The molecule has 0 N–H and O–H groups in total. The van der Waals surface area contributed by atoms with Gasteiger partial charge in [0.1, 0.15) is 24.2 Å². The van der Waals surface area contributed by atoms with Crippen LogP contribution in [0.4, 0.5) is 0 Å². The molecular formula is C12H8N4O3. The molecule has 7 heteroatoms. The fourth-order valence-electron chi connectivity index (χ4n) is 1.56. The van der Waals surface area contributed by atoms with E-state index in [1.807, 2.05) is 12.1 Å². The first kappa shape index (κ1) is 12.4. The van der Waals surface area contributed by atoms with Crippen LogP contribution in [0.1, 0.15) is 27.5 Å². The summed E-state index contributed by atoms with van der Waals surface area (Å²) in [5.74, 6) is -0.0439. The van der Waals surface area contributed by atoms with Gasteiger partial charge in [0.05, 0.1) is 25.5 Å². The van der Waals surface area contributed by atoms with Crippen molar-refractivity contribution in [2.75, 3.05) is 7.11 Å². The zero-order valence-corrected chi connectivity index (χ0v) is 9.95. The van der Waals surface area contributed by atoms with E-state index in [4.69, 9.17) is 14.9 Å². The minimum absolute atomic E-state index is 0.0576. The number of hydrogen-bond donors (Lipinski definition) is 0. The Balaban J connectivity index is 2.25. The van der Waals surface area contributed by atoms with Crippen molar-refractivity contribution in [1.29, 1.82) is 10.5 Å². The molecule has 2 aromatic heterocycles. The topological polar surface area (TPSA) is 105 Å². The number of hydrogen-bond acceptors (Lipinski definition) is 6. The third-order valence-electron chi connectivity index (χ3n) is 2.45. The van der Waals surface area contributed by atoms with Crippen LogP contribution < -0.4 is 0 Å². The van der Waals surface area contributed by atoms with Gasteiger partial charge in [0, 0.05) is 0 Å². The first-order valence-corrected chi connectivity index (χ1v) is 5.20. The van der Waals surface area contributed by atoms with Gasteiger partial charge < -0.3 is 13.7 Å². The molecule has 94 valence electrons. The van der Waals surface area contributed by atoms with Crippen LogP contribution in [0.25, 0.3) is 0 Å². The molecule has 0 aliphatic carbocycles. The second-order valence-corrected chi connectivity index (χ2v) is 3.59. The second-order valence-electron chi connectivity index (χ2n) is 3.59. The quantitative estimate of drug-likeness (QED) is 0.760. The highest BCUT2D eigenvalue weighted by molar-refractivity contribution is 5.88. The molecule has 0 fully saturated rings. The summed E-state index contributed by atoms with van der Waals surface area (Å²) in [5.41, 5.74) is 0.498. The minimum Gasteiger partial charge on any atom is -0.467 e. The number of carbonyl (C=O) groups excluding carboxylic acids is 1. The molecule has 0 spiro atoms. The Hall–Kier alpha value is -3.06. The summed E-state index contributed by atoms with van der Waals surface area (Å²) < 4.78 is 11.2. The van der Waals surface area contributed by atoms with Crippen molar-refractivity contribution in [3.8, 4) is 12.1 Å². The van der Waals surface area contributed by atoms with E-state index in [9.17, 15) is 4.79 Å². The molecule has 2 rings (SSSR count). The van der Waals surface area contributed by atoms with Crippen LogP contribution in [0.5, 0.6) is 0 Å². The number of esters is 1. The Bertz CT molecular complexity index is 699. The molecule has 0 aromatic carbocycles. The zero-order chi connectivity index (χ0) is 13.8. The number of imidazole rings is 1. The Morgan fingerprint density at radius 2 is 2.32 bits per heavy atom. The van der Waals surface area contributed by atoms with Crippen LogP contribution in [0, 0.1) is 22.7 Å². The minimum atomic E-state index is -0.501. The third kappa shape index (κ3) is 2.31. The van der Waals surface area contributed by atoms with Gasteiger partial charge in [-0.3, -0.25) is 0 Å². The van der Waals surface area contributed by atoms with Crippen molar-refractivity contribution in [3.63, 3.8) is 0 Å². The van der Waals surface area contributed by atoms with E-state index < -0.39 is 5.97 Å². The van der Waals surface area contributed by atoms with E-state index in [2.05, 4.69) is 9.72 Å². The lowest BCUT2D eigenvalue weighted by Crippen LogP contribution is -2.01. The van der Waals surface area contributed by atoms with E-state index in [1.54, 1.807) is 0 Å². The fourth-order valence-corrected chi connectivity index (χ4v) is 1.56. The average molecular weight is 256 g/mol. The van der Waals surface area contributed by atoms with Gasteiger partial charge in [-0.15, -0.1) is 0 Å². The van der Waals surface area contributed by atoms with E-state index in [0.717, 1.165) is 0 Å². The fraction of sp³-hybridized carbons (Fsp3) is 0.167. The summed E-state index contributed by atoms with van der Waals surface area (Å²) in [6.07, 6.45) is 2.65. The highest BCUT2D eigenvalue weighted by Crippen LogP contribution is 2.13. The maximum atomic E-state index is 11.3. The van der Waals surface area contributed by atoms with Crippen molar-refractivity contribution in [3.05, 3.63) is 41.4 Å². The van der Waals surface area contributed by atoms with E-state index in [0.29, 0.717) is 5.76 Å². The SMILES string of the molecule is COC(=O)c1coc(Cn2cnc(C#N)c2C#N)c1. The molecule has 0 aliphatic rings. The van der Waals surface area contributed by atoms with Crippen molar-refractivity contribution >= 4 is 5.97 Å². The highest BCUT2D eigenvalue weighted by Gasteiger charge is 2.14. The summed E-state index contributed by atoms with van der Waals surface area (Å²) in [7, 11) is 1.28. The van der Waals surface area contributed by atoms with Crippen LogP contribution in [-0.4, -0.2) is 22.6 Å². The van der Waals surface area contributed by atoms with Crippen LogP contribution >= 0.6 is 0 Å². The Morgan fingerprint density at radius 1 is 1.53 bits per heavy atom. The van der Waals surface area contributed by atoms with E-state index in [1.165, 1.54) is 30.3 Å². The number of methoxy groups -OCH3 is 1. The number of rotatable bonds is 3. The van der Waals surface area contributed by atoms with Crippen LogP contribution in [0.2, 0.25) is 0 Å². The molecule has 19 heavy (non-hydrogen) atoms. The number of nitriles is 2. The van der Waals surface area contributed by atoms with Crippen LogP contribution in [-0.2, 0) is 11.3 Å². The maximum absolute atomic E-state index is 11.3. The monoisotopic (exact) mass is 256 g/mol. The summed E-state index contributed by atoms with van der Waals surface area (Å²) in [6, 6.07) is 5.24. The predicted octanol–water partition coefficient (Wildman–Crippen LogP) is 1.05. The summed E-state index contributed by atoms with van der Waals surface area (Å²) >= 11 is 0. The molecular weight excluding hydrogens is 248 g/mol. The Morgan fingerprint density at radius 3 is 2.95 bits per heavy atom. The number of carbonyl (C=O) groups is 1. The normalized spacial score (nSPS) is 9.63. The second kappa shape index (κ2) is 5.07. The first-order chi connectivity index (χ1) is 9.19. The molecule has 0 aliphatic heterocycles. The molecule has 0 bridgehead atoms. The number of aromatic nitrogens is 2. The third-order valence-corrected chi connectivity index (χ3v) is 2.45. The lowest BCUT2D eigenvalue weighted by molar-refractivity contribution is 0.0600. The summed E-state index contributed by atoms with van der Waals surface area (Å²) in [6.45, 7) is 0.203. The summed E-state index contributed by atoms with van der Waals surface area (Å²) in [5, 5.41) is 17.7. The van der Waals surface area contributed by atoms with Gasteiger partial charge in [-0.25, -0.2) is 9.78 Å². The lowest BCUT2D eigenvalue weighted by Gasteiger charge is -1.99. The van der Waals surface area contributed by atoms with Crippen LogP contribution in [0.3, 0.4) is 0 Å². The molecule has 7 nitrogen and oxygen atoms in total. The standard InChI is InChI=1S/C12H8N4O3/c1-18-12(17)8-2-9(19-6-8)5-16-7-15-10(3-13)11(16)4-14/h2,6-7H,5H2,1H3. The maximum Gasteiger partial charge on any atom is 0.341 e. The van der Waals surface area contributed by atoms with Gasteiger partial charge in [-0.1, -0.05) is 0 Å². The van der Waals surface area contributed by atoms with Gasteiger partial charge in [0.25, 0.3) is 0 Å². The van der Waals surface area contributed by atoms with Gasteiger partial charge in [-0.05, 0) is 6.07 Å². The van der Waals surface area contributed by atoms with Gasteiger partial charge >= 0.3 is 5.97 Å². The predicted molar refractivity (Wildman–Crippen MR) is 60.8 cm³/mol. The van der Waals surface area contributed by atoms with Crippen molar-refractivity contribution in [1.82, 2.24) is 9.55 Å². The highest BCUT2D eigenvalue weighted by atomic mass is 16.5. The Labute approximate surface area is 108 Å². The number of furan rings is 1. The van der Waals surface area contributed by atoms with Crippen molar-refractivity contribution in [2.24, 2.45) is 0 Å². The molecule has 2 heterocycles. The molecule has 0 amide bonds. The Kier molecular flexibility index (Phi) is 3.31.